The summed E-state index contributed by atoms with van der Waals surface area (Å²) in [5.41, 5.74) is -3.93. The molecule has 6 aliphatic rings. The van der Waals surface area contributed by atoms with Gasteiger partial charge in [0.25, 0.3) is 0 Å². The van der Waals surface area contributed by atoms with Gasteiger partial charge < -0.3 is 14.2 Å². The predicted molar refractivity (Wildman–Crippen MR) is 144 cm³/mol. The van der Waals surface area contributed by atoms with Crippen LogP contribution in [0.25, 0.3) is 0 Å². The Hall–Kier alpha value is -1.59. The van der Waals surface area contributed by atoms with Gasteiger partial charge in [0.1, 0.15) is 16.8 Å². The molecule has 6 heteroatoms. The highest BCUT2D eigenvalue weighted by Gasteiger charge is 2.71. The third-order valence-electron chi connectivity index (χ3n) is 11.1. The van der Waals surface area contributed by atoms with E-state index in [2.05, 4.69) is 13.8 Å². The van der Waals surface area contributed by atoms with E-state index >= 15 is 0 Å². The topological polar surface area (TPSA) is 78.9 Å². The van der Waals surface area contributed by atoms with Crippen LogP contribution in [0.5, 0.6) is 0 Å². The van der Waals surface area contributed by atoms with Crippen LogP contribution in [0.4, 0.5) is 0 Å². The molecule has 0 amide bonds. The Labute approximate surface area is 229 Å². The molecular formula is C32H50O6. The lowest BCUT2D eigenvalue weighted by molar-refractivity contribution is -0.246. The van der Waals surface area contributed by atoms with Crippen molar-refractivity contribution in [2.45, 2.75) is 161 Å². The van der Waals surface area contributed by atoms with Crippen molar-refractivity contribution in [3.8, 4) is 0 Å². The van der Waals surface area contributed by atoms with Gasteiger partial charge in [-0.25, -0.2) is 0 Å². The van der Waals surface area contributed by atoms with E-state index in [1.165, 1.54) is 12.8 Å². The van der Waals surface area contributed by atoms with Crippen LogP contribution in [-0.4, -0.2) is 34.7 Å². The average molecular weight is 531 g/mol. The van der Waals surface area contributed by atoms with E-state index in [9.17, 15) is 14.4 Å². The minimum absolute atomic E-state index is 0.141. The number of hydrogen-bond donors (Lipinski definition) is 0. The lowest BCUT2D eigenvalue weighted by Gasteiger charge is -2.64. The van der Waals surface area contributed by atoms with Crippen LogP contribution in [0.2, 0.25) is 0 Å². The number of rotatable bonds is 7. The number of ether oxygens (including phenoxy) is 3. The van der Waals surface area contributed by atoms with Gasteiger partial charge in [-0.2, -0.15) is 0 Å². The highest BCUT2D eigenvalue weighted by Crippen LogP contribution is 2.69. The van der Waals surface area contributed by atoms with Gasteiger partial charge in [-0.3, -0.25) is 14.4 Å². The van der Waals surface area contributed by atoms with Crippen molar-refractivity contribution >= 4 is 17.9 Å². The summed E-state index contributed by atoms with van der Waals surface area (Å²) in [4.78, 5) is 41.7. The molecule has 4 bridgehead atoms. The predicted octanol–water partition coefficient (Wildman–Crippen LogP) is 7.21. The standard InChI is InChI=1S/C32H50O6/c1-6-27(2,3)24(33)38-32-19-23-17-30(21-32,25(34)36-28(4)13-9-7-10-14-28)20-31(18-23,22-32)26(35)37-29(5)15-11-8-12-16-29/h23H,6-22H2,1-5H3. The Morgan fingerprint density at radius 3 is 1.55 bits per heavy atom. The van der Waals surface area contributed by atoms with Crippen molar-refractivity contribution in [3.05, 3.63) is 0 Å². The average Bonchev–Trinajstić information content (AvgIpc) is 2.83. The molecule has 0 aromatic heterocycles. The van der Waals surface area contributed by atoms with Crippen molar-refractivity contribution in [1.29, 1.82) is 0 Å². The molecule has 0 spiro atoms. The highest BCUT2D eigenvalue weighted by molar-refractivity contribution is 5.84. The number of carbonyl (C=O) groups excluding carboxylic acids is 3. The first kappa shape index (κ1) is 28.0. The Morgan fingerprint density at radius 2 is 1.13 bits per heavy atom. The van der Waals surface area contributed by atoms with Crippen molar-refractivity contribution in [1.82, 2.24) is 0 Å². The van der Waals surface area contributed by atoms with E-state index in [0.29, 0.717) is 38.5 Å². The van der Waals surface area contributed by atoms with Crippen LogP contribution >= 0.6 is 0 Å². The molecule has 6 nitrogen and oxygen atoms in total. The zero-order chi connectivity index (χ0) is 27.5. The fourth-order valence-corrected chi connectivity index (χ4v) is 8.87. The summed E-state index contributed by atoms with van der Waals surface area (Å²) in [6, 6.07) is 0. The fourth-order valence-electron chi connectivity index (χ4n) is 8.87. The van der Waals surface area contributed by atoms with Gasteiger partial charge in [0.15, 0.2) is 0 Å². The molecule has 6 rings (SSSR count). The van der Waals surface area contributed by atoms with Crippen LogP contribution in [0.15, 0.2) is 0 Å². The van der Waals surface area contributed by atoms with Crippen molar-refractivity contribution in [2.24, 2.45) is 22.2 Å². The lowest BCUT2D eigenvalue weighted by atomic mass is 9.42. The zero-order valence-electron chi connectivity index (χ0n) is 24.5. The monoisotopic (exact) mass is 530 g/mol. The molecule has 38 heavy (non-hydrogen) atoms. The Balaban J connectivity index is 1.47. The van der Waals surface area contributed by atoms with Gasteiger partial charge in [0, 0.05) is 12.8 Å². The first-order chi connectivity index (χ1) is 17.8. The summed E-state index contributed by atoms with van der Waals surface area (Å²) < 4.78 is 19.2. The molecule has 6 fully saturated rings. The van der Waals surface area contributed by atoms with Gasteiger partial charge >= 0.3 is 17.9 Å². The Kier molecular flexibility index (Phi) is 6.99. The number of esters is 3. The van der Waals surface area contributed by atoms with Crippen LogP contribution in [-0.2, 0) is 28.6 Å². The van der Waals surface area contributed by atoms with E-state index < -0.39 is 33.0 Å². The first-order valence-corrected chi connectivity index (χ1v) is 15.5. The second-order valence-electron chi connectivity index (χ2n) is 15.2. The second kappa shape index (κ2) is 9.51. The maximum absolute atomic E-state index is 14.2. The van der Waals surface area contributed by atoms with Gasteiger partial charge in [0.2, 0.25) is 0 Å². The molecule has 0 N–H and O–H groups in total. The van der Waals surface area contributed by atoms with E-state index in [1.54, 1.807) is 0 Å². The molecule has 0 saturated heterocycles. The molecule has 2 unspecified atom stereocenters. The summed E-state index contributed by atoms with van der Waals surface area (Å²) in [5, 5.41) is 0. The van der Waals surface area contributed by atoms with Gasteiger partial charge in [-0.15, -0.1) is 0 Å². The molecule has 0 aromatic carbocycles. The summed E-state index contributed by atoms with van der Waals surface area (Å²) in [7, 11) is 0. The quantitative estimate of drug-likeness (QED) is 0.256. The van der Waals surface area contributed by atoms with Gasteiger partial charge in [-0.1, -0.05) is 19.8 Å². The Bertz CT molecular complexity index is 899. The summed E-state index contributed by atoms with van der Waals surface area (Å²) >= 11 is 0. The van der Waals surface area contributed by atoms with Crippen molar-refractivity contribution < 1.29 is 28.6 Å². The number of hydrogen-bond acceptors (Lipinski definition) is 6. The van der Waals surface area contributed by atoms with E-state index in [-0.39, 0.29) is 23.8 Å². The number of carbonyl (C=O) groups is 3. The van der Waals surface area contributed by atoms with E-state index in [4.69, 9.17) is 14.2 Å². The molecule has 2 atom stereocenters. The molecule has 0 heterocycles. The summed E-state index contributed by atoms with van der Waals surface area (Å²) in [6.45, 7) is 9.96. The third-order valence-corrected chi connectivity index (χ3v) is 11.1. The SMILES string of the molecule is CCC(C)(C)C(=O)OC12CC3CC(C(=O)OC4(C)CCCCC4)(C1)CC(C(=O)OC1(C)CCCCC1)(C3)C2. The van der Waals surface area contributed by atoms with Crippen LogP contribution in [0.3, 0.4) is 0 Å². The Morgan fingerprint density at radius 1 is 0.684 bits per heavy atom. The van der Waals surface area contributed by atoms with Gasteiger partial charge in [0.05, 0.1) is 16.2 Å². The fraction of sp³-hybridized carbons (Fsp3) is 0.906. The van der Waals surface area contributed by atoms with E-state index in [0.717, 1.165) is 57.8 Å². The molecular weight excluding hydrogens is 480 g/mol. The zero-order valence-corrected chi connectivity index (χ0v) is 24.5. The normalized spacial score (nSPS) is 37.3. The molecule has 214 valence electrons. The maximum atomic E-state index is 14.2. The largest absolute Gasteiger partial charge is 0.459 e. The summed E-state index contributed by atoms with van der Waals surface area (Å²) in [6.07, 6.45) is 14.4. The lowest BCUT2D eigenvalue weighted by Crippen LogP contribution is -2.66. The second-order valence-corrected chi connectivity index (χ2v) is 15.2. The van der Waals surface area contributed by atoms with E-state index in [1.807, 2.05) is 20.8 Å². The van der Waals surface area contributed by atoms with Crippen molar-refractivity contribution in [3.63, 3.8) is 0 Å². The molecule has 0 radical (unpaired) electrons. The van der Waals surface area contributed by atoms with Crippen LogP contribution in [0, 0.1) is 22.2 Å². The molecule has 0 aromatic rings. The van der Waals surface area contributed by atoms with Crippen LogP contribution in [0.1, 0.15) is 144 Å². The summed E-state index contributed by atoms with van der Waals surface area (Å²) in [5.74, 6) is -0.445. The van der Waals surface area contributed by atoms with Crippen molar-refractivity contribution in [2.75, 3.05) is 0 Å². The minimum Gasteiger partial charge on any atom is -0.459 e. The first-order valence-electron chi connectivity index (χ1n) is 15.5. The molecule has 6 saturated carbocycles. The minimum atomic E-state index is -0.818. The molecule has 6 aliphatic carbocycles. The van der Waals surface area contributed by atoms with Gasteiger partial charge in [-0.05, 0) is 117 Å². The third kappa shape index (κ3) is 5.03. The molecule has 0 aliphatic heterocycles. The van der Waals surface area contributed by atoms with Crippen LogP contribution < -0.4 is 0 Å². The maximum Gasteiger partial charge on any atom is 0.312 e. The smallest absolute Gasteiger partial charge is 0.312 e. The highest BCUT2D eigenvalue weighted by atomic mass is 16.6.